The number of hydrogen-bond donors (Lipinski definition) is 2. The molecule has 0 aliphatic carbocycles. The number of amides is 1. The molecule has 1 aromatic carbocycles. The number of halogens is 1. The van der Waals surface area contributed by atoms with Gasteiger partial charge >= 0.3 is 0 Å². The van der Waals surface area contributed by atoms with Crippen LogP contribution >= 0.6 is 23.4 Å². The fourth-order valence-electron chi connectivity index (χ4n) is 1.84. The van der Waals surface area contributed by atoms with Gasteiger partial charge in [0.2, 0.25) is 11.1 Å². The minimum atomic E-state index is -0.313. The van der Waals surface area contributed by atoms with Crippen molar-refractivity contribution in [3.63, 3.8) is 0 Å². The quantitative estimate of drug-likeness (QED) is 0.615. The van der Waals surface area contributed by atoms with Crippen molar-refractivity contribution < 1.29 is 4.79 Å². The first-order valence-corrected chi connectivity index (χ1v) is 8.55. The van der Waals surface area contributed by atoms with Crippen LogP contribution in [0.2, 0.25) is 5.02 Å². The molecule has 8 heteroatoms. The number of thioether (sulfide) groups is 1. The Morgan fingerprint density at radius 1 is 1.39 bits per heavy atom. The minimum absolute atomic E-state index is 0.0454. The highest BCUT2D eigenvalue weighted by atomic mass is 35.5. The molecule has 23 heavy (non-hydrogen) atoms. The van der Waals surface area contributed by atoms with Gasteiger partial charge in [-0.1, -0.05) is 49.3 Å². The fourth-order valence-corrected chi connectivity index (χ4v) is 2.83. The van der Waals surface area contributed by atoms with E-state index in [9.17, 15) is 4.79 Å². The molecule has 0 radical (unpaired) electrons. The molecule has 1 amide bonds. The summed E-state index contributed by atoms with van der Waals surface area (Å²) in [4.78, 5) is 12.0. The molecular weight excluding hydrogens is 334 g/mol. The highest BCUT2D eigenvalue weighted by Gasteiger charge is 2.20. The summed E-state index contributed by atoms with van der Waals surface area (Å²) in [5.74, 6) is 6.92. The SMILES string of the molecule is CC(C)CNC(=O)[C@@H](C)Sc1nnc(-c2cccc(Cl)c2)n1N. The van der Waals surface area contributed by atoms with Crippen LogP contribution in [0, 0.1) is 5.92 Å². The van der Waals surface area contributed by atoms with Crippen LogP contribution in [0.4, 0.5) is 0 Å². The highest BCUT2D eigenvalue weighted by molar-refractivity contribution is 8.00. The summed E-state index contributed by atoms with van der Waals surface area (Å²) in [5.41, 5.74) is 0.774. The molecule has 2 aromatic rings. The maximum absolute atomic E-state index is 12.0. The lowest BCUT2D eigenvalue weighted by atomic mass is 10.2. The van der Waals surface area contributed by atoms with E-state index < -0.39 is 0 Å². The number of benzene rings is 1. The van der Waals surface area contributed by atoms with E-state index in [0.717, 1.165) is 5.56 Å². The number of nitrogens with one attached hydrogen (secondary N) is 1. The van der Waals surface area contributed by atoms with Gasteiger partial charge in [0, 0.05) is 17.1 Å². The molecule has 1 aromatic heterocycles. The predicted molar refractivity (Wildman–Crippen MR) is 93.8 cm³/mol. The summed E-state index contributed by atoms with van der Waals surface area (Å²) in [6.07, 6.45) is 0. The first kappa shape index (κ1) is 17.6. The Hall–Kier alpha value is -1.73. The molecule has 6 nitrogen and oxygen atoms in total. The van der Waals surface area contributed by atoms with Gasteiger partial charge in [-0.3, -0.25) is 4.79 Å². The van der Waals surface area contributed by atoms with Gasteiger partial charge in [-0.2, -0.15) is 0 Å². The molecule has 1 heterocycles. The number of carbonyl (C=O) groups is 1. The van der Waals surface area contributed by atoms with Crippen molar-refractivity contribution in [1.82, 2.24) is 20.2 Å². The van der Waals surface area contributed by atoms with Gasteiger partial charge in [0.1, 0.15) is 0 Å². The number of rotatable bonds is 6. The van der Waals surface area contributed by atoms with Crippen molar-refractivity contribution in [2.24, 2.45) is 5.92 Å². The lowest BCUT2D eigenvalue weighted by molar-refractivity contribution is -0.120. The summed E-state index contributed by atoms with van der Waals surface area (Å²) in [5, 5.41) is 11.8. The van der Waals surface area contributed by atoms with E-state index in [1.165, 1.54) is 16.4 Å². The molecule has 0 spiro atoms. The average molecular weight is 354 g/mol. The first-order chi connectivity index (χ1) is 10.9. The maximum atomic E-state index is 12.0. The van der Waals surface area contributed by atoms with E-state index in [-0.39, 0.29) is 11.2 Å². The number of nitrogen functional groups attached to an aromatic ring is 1. The molecule has 124 valence electrons. The molecule has 0 fully saturated rings. The van der Waals surface area contributed by atoms with Crippen LogP contribution in [0.5, 0.6) is 0 Å². The second-order valence-corrected chi connectivity index (χ2v) is 7.33. The number of carbonyl (C=O) groups excluding carboxylic acids is 1. The van der Waals surface area contributed by atoms with Crippen molar-refractivity contribution in [3.8, 4) is 11.4 Å². The standard InChI is InChI=1S/C15H20ClN5OS/c1-9(2)8-18-14(22)10(3)23-15-20-19-13(21(15)17)11-5-4-6-12(16)7-11/h4-7,9-10H,8,17H2,1-3H3,(H,18,22)/t10-/m1/s1. The Morgan fingerprint density at radius 2 is 2.13 bits per heavy atom. The minimum Gasteiger partial charge on any atom is -0.355 e. The normalized spacial score (nSPS) is 12.4. The van der Waals surface area contributed by atoms with Crippen LogP contribution in [0.3, 0.4) is 0 Å². The van der Waals surface area contributed by atoms with Crippen molar-refractivity contribution in [3.05, 3.63) is 29.3 Å². The van der Waals surface area contributed by atoms with Gasteiger partial charge in [-0.25, -0.2) is 4.68 Å². The van der Waals surface area contributed by atoms with E-state index >= 15 is 0 Å². The van der Waals surface area contributed by atoms with E-state index in [0.29, 0.717) is 28.5 Å². The molecular formula is C15H20ClN5OS. The van der Waals surface area contributed by atoms with Crippen LogP contribution in [-0.2, 0) is 4.79 Å². The molecule has 1 atom stereocenters. The third kappa shape index (κ3) is 4.62. The Morgan fingerprint density at radius 3 is 2.78 bits per heavy atom. The van der Waals surface area contributed by atoms with Crippen molar-refractivity contribution in [2.75, 3.05) is 12.4 Å². The van der Waals surface area contributed by atoms with Crippen LogP contribution < -0.4 is 11.2 Å². The van der Waals surface area contributed by atoms with Crippen LogP contribution in [0.15, 0.2) is 29.4 Å². The smallest absolute Gasteiger partial charge is 0.233 e. The highest BCUT2D eigenvalue weighted by Crippen LogP contribution is 2.26. The Kier molecular flexibility index (Phi) is 5.90. The summed E-state index contributed by atoms with van der Waals surface area (Å²) in [6.45, 7) is 6.55. The fraction of sp³-hybridized carbons (Fsp3) is 0.400. The second-order valence-electron chi connectivity index (χ2n) is 5.59. The molecule has 2 rings (SSSR count). The number of nitrogens with zero attached hydrogens (tertiary/aromatic N) is 3. The van der Waals surface area contributed by atoms with Crippen molar-refractivity contribution in [2.45, 2.75) is 31.2 Å². The number of hydrogen-bond acceptors (Lipinski definition) is 5. The molecule has 3 N–H and O–H groups in total. The third-order valence-corrected chi connectivity index (χ3v) is 4.38. The van der Waals surface area contributed by atoms with Crippen LogP contribution in [-0.4, -0.2) is 32.6 Å². The molecule has 0 aliphatic heterocycles. The summed E-state index contributed by atoms with van der Waals surface area (Å²) < 4.78 is 1.38. The largest absolute Gasteiger partial charge is 0.355 e. The van der Waals surface area contributed by atoms with Gasteiger partial charge in [-0.15, -0.1) is 10.2 Å². The second kappa shape index (κ2) is 7.70. The monoisotopic (exact) mass is 353 g/mol. The Labute approximate surface area is 144 Å². The zero-order valence-corrected chi connectivity index (χ0v) is 14.9. The molecule has 0 saturated carbocycles. The molecule has 0 aliphatic rings. The van der Waals surface area contributed by atoms with Gasteiger partial charge in [0.25, 0.3) is 0 Å². The van der Waals surface area contributed by atoms with Crippen molar-refractivity contribution in [1.29, 1.82) is 0 Å². The summed E-state index contributed by atoms with van der Waals surface area (Å²) in [6, 6.07) is 7.22. The molecule has 0 unspecified atom stereocenters. The summed E-state index contributed by atoms with van der Waals surface area (Å²) in [7, 11) is 0. The topological polar surface area (TPSA) is 85.8 Å². The van der Waals surface area contributed by atoms with Crippen LogP contribution in [0.25, 0.3) is 11.4 Å². The van der Waals surface area contributed by atoms with Gasteiger partial charge in [-0.05, 0) is 25.0 Å². The molecule has 0 bridgehead atoms. The van der Waals surface area contributed by atoms with E-state index in [1.807, 2.05) is 32.9 Å². The lowest BCUT2D eigenvalue weighted by Crippen LogP contribution is -2.33. The third-order valence-electron chi connectivity index (χ3n) is 3.08. The number of nitrogens with two attached hydrogens (primary N) is 1. The molecule has 0 saturated heterocycles. The predicted octanol–water partition coefficient (Wildman–Crippen LogP) is 2.57. The van der Waals surface area contributed by atoms with E-state index in [2.05, 4.69) is 15.5 Å². The zero-order chi connectivity index (χ0) is 17.0. The van der Waals surface area contributed by atoms with E-state index in [1.54, 1.807) is 12.1 Å². The Balaban J connectivity index is 2.09. The van der Waals surface area contributed by atoms with Crippen LogP contribution in [0.1, 0.15) is 20.8 Å². The van der Waals surface area contributed by atoms with Gasteiger partial charge in [0.15, 0.2) is 5.82 Å². The zero-order valence-electron chi connectivity index (χ0n) is 13.3. The van der Waals surface area contributed by atoms with Gasteiger partial charge < -0.3 is 11.2 Å². The summed E-state index contributed by atoms with van der Waals surface area (Å²) >= 11 is 7.25. The number of aromatic nitrogens is 3. The van der Waals surface area contributed by atoms with E-state index in [4.69, 9.17) is 17.4 Å². The first-order valence-electron chi connectivity index (χ1n) is 7.29. The van der Waals surface area contributed by atoms with Gasteiger partial charge in [0.05, 0.1) is 5.25 Å². The average Bonchev–Trinajstić information content (AvgIpc) is 2.85. The maximum Gasteiger partial charge on any atom is 0.233 e. The Bertz CT molecular complexity index is 688. The lowest BCUT2D eigenvalue weighted by Gasteiger charge is -2.12. The van der Waals surface area contributed by atoms with Crippen molar-refractivity contribution >= 4 is 29.3 Å².